The van der Waals surface area contributed by atoms with Gasteiger partial charge in [0.1, 0.15) is 5.01 Å². The molecule has 1 aromatic heterocycles. The smallest absolute Gasteiger partial charge is 0.113 e. The van der Waals surface area contributed by atoms with Gasteiger partial charge in [0, 0.05) is 10.9 Å². The van der Waals surface area contributed by atoms with Gasteiger partial charge < -0.3 is 5.32 Å². The number of hydrogen-bond donors (Lipinski definition) is 1. The molecule has 1 heterocycles. The van der Waals surface area contributed by atoms with Crippen LogP contribution in [0.2, 0.25) is 0 Å². The summed E-state index contributed by atoms with van der Waals surface area (Å²) < 4.78 is 0. The number of nitrogens with one attached hydrogen (secondary N) is 1. The van der Waals surface area contributed by atoms with Crippen molar-refractivity contribution in [1.82, 2.24) is 10.3 Å². The monoisotopic (exact) mass is 278 g/mol. The van der Waals surface area contributed by atoms with Crippen LogP contribution >= 0.6 is 11.3 Å². The van der Waals surface area contributed by atoms with E-state index in [0.717, 1.165) is 12.0 Å². The van der Waals surface area contributed by atoms with E-state index in [4.69, 9.17) is 4.98 Å². The molecule has 0 amide bonds. The molecule has 0 radical (unpaired) electrons. The molecule has 2 aliphatic rings. The van der Waals surface area contributed by atoms with Crippen molar-refractivity contribution in [2.45, 2.75) is 77.3 Å². The maximum atomic E-state index is 4.89. The summed E-state index contributed by atoms with van der Waals surface area (Å²) in [5.74, 6) is 0.770. The van der Waals surface area contributed by atoms with E-state index in [1.54, 1.807) is 0 Å². The van der Waals surface area contributed by atoms with Crippen molar-refractivity contribution in [1.29, 1.82) is 0 Å². The Morgan fingerprint density at radius 1 is 1.11 bits per heavy atom. The third kappa shape index (κ3) is 2.73. The summed E-state index contributed by atoms with van der Waals surface area (Å²) in [6.07, 6.45) is 9.66. The molecule has 0 spiro atoms. The summed E-state index contributed by atoms with van der Waals surface area (Å²) in [6.45, 7) is 6.77. The van der Waals surface area contributed by atoms with Crippen LogP contribution in [0.4, 0.5) is 0 Å². The molecule has 1 aromatic rings. The lowest BCUT2D eigenvalue weighted by Crippen LogP contribution is -2.47. The van der Waals surface area contributed by atoms with Crippen LogP contribution in [0.25, 0.3) is 0 Å². The molecule has 1 unspecified atom stereocenters. The number of aromatic nitrogens is 1. The van der Waals surface area contributed by atoms with Gasteiger partial charge in [-0.05, 0) is 52.4 Å². The van der Waals surface area contributed by atoms with Gasteiger partial charge in [-0.3, -0.25) is 0 Å². The van der Waals surface area contributed by atoms with Crippen LogP contribution in [0.5, 0.6) is 0 Å². The molecule has 2 fully saturated rings. The van der Waals surface area contributed by atoms with Gasteiger partial charge in [0.25, 0.3) is 0 Å². The Labute approximate surface area is 121 Å². The van der Waals surface area contributed by atoms with Crippen molar-refractivity contribution in [2.75, 3.05) is 0 Å². The molecule has 3 rings (SSSR count). The first-order valence-electron chi connectivity index (χ1n) is 7.82. The molecular formula is C16H26N2S. The Balaban J connectivity index is 1.89. The van der Waals surface area contributed by atoms with Crippen LogP contribution in [0, 0.1) is 19.8 Å². The Kier molecular flexibility index (Phi) is 3.69. The predicted molar refractivity (Wildman–Crippen MR) is 81.7 cm³/mol. The summed E-state index contributed by atoms with van der Waals surface area (Å²) >= 11 is 1.91. The molecule has 2 saturated carbocycles. The van der Waals surface area contributed by atoms with Crippen molar-refractivity contribution in [3.8, 4) is 0 Å². The normalized spacial score (nSPS) is 24.4. The van der Waals surface area contributed by atoms with Gasteiger partial charge in [-0.2, -0.15) is 0 Å². The first-order chi connectivity index (χ1) is 9.09. The summed E-state index contributed by atoms with van der Waals surface area (Å²) in [5.41, 5.74) is 1.34. The molecule has 0 saturated heterocycles. The number of aryl methyl sites for hydroxylation is 2. The third-order valence-electron chi connectivity index (χ3n) is 4.98. The number of thiazole rings is 1. The molecule has 1 atom stereocenters. The van der Waals surface area contributed by atoms with Crippen LogP contribution in [-0.4, -0.2) is 11.0 Å². The third-order valence-corrected chi connectivity index (χ3v) is 6.29. The molecular weight excluding hydrogens is 252 g/mol. The zero-order valence-corrected chi connectivity index (χ0v) is 13.3. The van der Waals surface area contributed by atoms with Crippen molar-refractivity contribution < 1.29 is 0 Å². The second-order valence-electron chi connectivity index (χ2n) is 6.62. The van der Waals surface area contributed by atoms with Crippen molar-refractivity contribution >= 4 is 11.3 Å². The van der Waals surface area contributed by atoms with E-state index >= 15 is 0 Å². The van der Waals surface area contributed by atoms with E-state index in [1.807, 2.05) is 11.3 Å². The lowest BCUT2D eigenvalue weighted by Gasteiger charge is -2.39. The standard InChI is InChI=1S/C16H26N2S/c1-11-12(2)19-15(17-11)16(3,18-14-9-10-14)13-7-5-4-6-8-13/h13-14,18H,4-10H2,1-3H3. The molecule has 2 aliphatic carbocycles. The van der Waals surface area contributed by atoms with Crippen molar-refractivity contribution in [3.05, 3.63) is 15.6 Å². The van der Waals surface area contributed by atoms with Gasteiger partial charge in [0.05, 0.1) is 11.2 Å². The molecule has 0 aromatic carbocycles. The zero-order valence-electron chi connectivity index (χ0n) is 12.5. The van der Waals surface area contributed by atoms with Crippen LogP contribution in [0.3, 0.4) is 0 Å². The first-order valence-corrected chi connectivity index (χ1v) is 8.63. The van der Waals surface area contributed by atoms with Gasteiger partial charge in [-0.1, -0.05) is 19.3 Å². The fraction of sp³-hybridized carbons (Fsp3) is 0.812. The van der Waals surface area contributed by atoms with Crippen molar-refractivity contribution in [2.24, 2.45) is 5.92 Å². The Hall–Kier alpha value is -0.410. The minimum absolute atomic E-state index is 0.116. The highest BCUT2D eigenvalue weighted by atomic mass is 32.1. The van der Waals surface area contributed by atoms with E-state index < -0.39 is 0 Å². The summed E-state index contributed by atoms with van der Waals surface area (Å²) in [5, 5.41) is 5.28. The molecule has 3 heteroatoms. The summed E-state index contributed by atoms with van der Waals surface area (Å²) in [7, 11) is 0. The highest BCUT2D eigenvalue weighted by molar-refractivity contribution is 7.11. The van der Waals surface area contributed by atoms with Gasteiger partial charge in [0.15, 0.2) is 0 Å². The largest absolute Gasteiger partial charge is 0.303 e. The van der Waals surface area contributed by atoms with Gasteiger partial charge in [-0.25, -0.2) is 4.98 Å². The molecule has 2 nitrogen and oxygen atoms in total. The second kappa shape index (κ2) is 5.17. The highest BCUT2D eigenvalue weighted by Crippen LogP contribution is 2.43. The molecule has 19 heavy (non-hydrogen) atoms. The molecule has 0 bridgehead atoms. The van der Waals surface area contributed by atoms with E-state index in [-0.39, 0.29) is 5.54 Å². The first kappa shape index (κ1) is 13.6. The summed E-state index contributed by atoms with van der Waals surface area (Å²) in [6, 6.07) is 0.747. The quantitative estimate of drug-likeness (QED) is 0.888. The molecule has 106 valence electrons. The van der Waals surface area contributed by atoms with E-state index in [1.165, 1.54) is 60.5 Å². The van der Waals surface area contributed by atoms with Crippen LogP contribution in [0.1, 0.15) is 67.4 Å². The zero-order chi connectivity index (χ0) is 13.5. The van der Waals surface area contributed by atoms with Crippen LogP contribution in [-0.2, 0) is 5.54 Å². The average Bonchev–Trinajstić information content (AvgIpc) is 3.16. The maximum Gasteiger partial charge on any atom is 0.113 e. The molecule has 0 aliphatic heterocycles. The minimum atomic E-state index is 0.116. The van der Waals surface area contributed by atoms with E-state index in [9.17, 15) is 0 Å². The lowest BCUT2D eigenvalue weighted by molar-refractivity contribution is 0.174. The van der Waals surface area contributed by atoms with Gasteiger partial charge in [0.2, 0.25) is 0 Å². The fourth-order valence-electron chi connectivity index (χ4n) is 3.38. The average molecular weight is 278 g/mol. The van der Waals surface area contributed by atoms with Crippen LogP contribution in [0.15, 0.2) is 0 Å². The van der Waals surface area contributed by atoms with E-state index in [0.29, 0.717) is 0 Å². The summed E-state index contributed by atoms with van der Waals surface area (Å²) in [4.78, 5) is 6.28. The van der Waals surface area contributed by atoms with E-state index in [2.05, 4.69) is 26.1 Å². The Bertz CT molecular complexity index is 424. The van der Waals surface area contributed by atoms with Crippen LogP contribution < -0.4 is 5.32 Å². The topological polar surface area (TPSA) is 24.9 Å². The Morgan fingerprint density at radius 3 is 2.32 bits per heavy atom. The molecule has 1 N–H and O–H groups in total. The van der Waals surface area contributed by atoms with Gasteiger partial charge in [-0.15, -0.1) is 11.3 Å². The number of rotatable bonds is 4. The van der Waals surface area contributed by atoms with Crippen molar-refractivity contribution in [3.63, 3.8) is 0 Å². The minimum Gasteiger partial charge on any atom is -0.303 e. The van der Waals surface area contributed by atoms with Gasteiger partial charge >= 0.3 is 0 Å². The maximum absolute atomic E-state index is 4.89. The number of hydrogen-bond acceptors (Lipinski definition) is 3. The fourth-order valence-corrected chi connectivity index (χ4v) is 4.48. The number of nitrogens with zero attached hydrogens (tertiary/aromatic N) is 1. The highest BCUT2D eigenvalue weighted by Gasteiger charge is 2.42. The lowest BCUT2D eigenvalue weighted by atomic mass is 9.75. The Morgan fingerprint density at radius 2 is 1.79 bits per heavy atom. The second-order valence-corrected chi connectivity index (χ2v) is 7.82. The SMILES string of the molecule is Cc1nc(C(C)(NC2CC2)C2CCCCC2)sc1C. The predicted octanol–water partition coefficient (Wildman–Crippen LogP) is 4.31.